The fourth-order valence-corrected chi connectivity index (χ4v) is 0.979. The molecule has 0 amide bonds. The molecule has 0 aliphatic rings. The van der Waals surface area contributed by atoms with E-state index in [1.807, 2.05) is 6.92 Å². The van der Waals surface area contributed by atoms with Crippen LogP contribution in [0.15, 0.2) is 29.4 Å². The summed E-state index contributed by atoms with van der Waals surface area (Å²) in [6, 6.07) is 6.83. The minimum absolute atomic E-state index is 0.411. The van der Waals surface area contributed by atoms with Crippen molar-refractivity contribution in [3.63, 3.8) is 0 Å². The summed E-state index contributed by atoms with van der Waals surface area (Å²) in [4.78, 5) is 11.3. The Bertz CT molecular complexity index is 343. The molecule has 0 spiro atoms. The minimum atomic E-state index is -0.482. The number of hydrogen-bond donors (Lipinski definition) is 1. The number of halogens is 1. The Morgan fingerprint density at radius 2 is 1.92 bits per heavy atom. The maximum Gasteiger partial charge on any atom is 0.226 e. The van der Waals surface area contributed by atoms with Crippen molar-refractivity contribution in [2.75, 3.05) is 0 Å². The van der Waals surface area contributed by atoms with Gasteiger partial charge in [-0.15, -0.1) is 0 Å². The zero-order valence-electron chi connectivity index (χ0n) is 6.99. The van der Waals surface area contributed by atoms with Crippen LogP contribution in [0.1, 0.15) is 15.9 Å². The molecule has 13 heavy (non-hydrogen) atoms. The Hall–Kier alpha value is -1.35. The number of carbonyl (C=O) groups is 1. The fraction of sp³-hybridized carbons (Fsp3) is 0.111. The molecule has 0 saturated heterocycles. The van der Waals surface area contributed by atoms with Crippen molar-refractivity contribution in [3.05, 3.63) is 35.4 Å². The molecule has 0 aliphatic carbocycles. The van der Waals surface area contributed by atoms with Crippen LogP contribution in [0.3, 0.4) is 0 Å². The Labute approximate surface area is 80.6 Å². The van der Waals surface area contributed by atoms with E-state index in [0.29, 0.717) is 5.56 Å². The molecule has 0 atom stereocenters. The molecule has 0 heterocycles. The highest BCUT2D eigenvalue weighted by Gasteiger charge is 2.11. The van der Waals surface area contributed by atoms with E-state index in [-0.39, 0.29) is 0 Å². The highest BCUT2D eigenvalue weighted by atomic mass is 35.5. The molecule has 0 bridgehead atoms. The van der Waals surface area contributed by atoms with Crippen LogP contribution in [0.25, 0.3) is 0 Å². The average Bonchev–Trinajstić information content (AvgIpc) is 2.17. The Kier molecular flexibility index (Phi) is 3.03. The van der Waals surface area contributed by atoms with Gasteiger partial charge in [0.15, 0.2) is 0 Å². The number of ketones is 1. The number of rotatable bonds is 2. The number of oxime groups is 1. The first-order valence-corrected chi connectivity index (χ1v) is 4.02. The van der Waals surface area contributed by atoms with E-state index < -0.39 is 11.0 Å². The standard InChI is InChI=1S/C9H8ClNO2/c1-6-2-4-7(5-3-6)8(12)9(10)11-13/h2-5,13H,1H3. The van der Waals surface area contributed by atoms with Crippen LogP contribution in [0.5, 0.6) is 0 Å². The summed E-state index contributed by atoms with van der Waals surface area (Å²) in [6.07, 6.45) is 0. The highest BCUT2D eigenvalue weighted by molar-refractivity contribution is 6.84. The van der Waals surface area contributed by atoms with Crippen LogP contribution in [0, 0.1) is 6.92 Å². The summed E-state index contributed by atoms with van der Waals surface area (Å²) in [5.41, 5.74) is 1.46. The third-order valence-corrected chi connectivity index (χ3v) is 1.84. The second-order valence-corrected chi connectivity index (χ2v) is 2.94. The zero-order valence-corrected chi connectivity index (χ0v) is 7.75. The number of carbonyl (C=O) groups excluding carboxylic acids is 1. The lowest BCUT2D eigenvalue weighted by Gasteiger charge is -1.97. The smallest absolute Gasteiger partial charge is 0.226 e. The summed E-state index contributed by atoms with van der Waals surface area (Å²) >= 11 is 5.34. The van der Waals surface area contributed by atoms with Gasteiger partial charge >= 0.3 is 0 Å². The number of benzene rings is 1. The van der Waals surface area contributed by atoms with Crippen molar-refractivity contribution in [1.29, 1.82) is 0 Å². The molecule has 0 fully saturated rings. The molecule has 68 valence electrons. The van der Waals surface area contributed by atoms with Crippen molar-refractivity contribution in [1.82, 2.24) is 0 Å². The minimum Gasteiger partial charge on any atom is -0.410 e. The van der Waals surface area contributed by atoms with Gasteiger partial charge in [0.05, 0.1) is 0 Å². The molecule has 1 aromatic carbocycles. The van der Waals surface area contributed by atoms with Gasteiger partial charge in [0, 0.05) is 5.56 Å². The van der Waals surface area contributed by atoms with Crippen LogP contribution >= 0.6 is 11.6 Å². The van der Waals surface area contributed by atoms with Gasteiger partial charge in [0.25, 0.3) is 0 Å². The van der Waals surface area contributed by atoms with E-state index in [9.17, 15) is 4.79 Å². The highest BCUT2D eigenvalue weighted by Crippen LogP contribution is 2.06. The van der Waals surface area contributed by atoms with Crippen molar-refractivity contribution in [2.45, 2.75) is 6.92 Å². The maximum atomic E-state index is 11.3. The summed E-state index contributed by atoms with van der Waals surface area (Å²) < 4.78 is 0. The number of nitrogens with zero attached hydrogens (tertiary/aromatic N) is 1. The molecular weight excluding hydrogens is 190 g/mol. The second kappa shape index (κ2) is 4.05. The lowest BCUT2D eigenvalue weighted by atomic mass is 10.1. The molecule has 3 nitrogen and oxygen atoms in total. The average molecular weight is 198 g/mol. The molecule has 0 unspecified atom stereocenters. The van der Waals surface area contributed by atoms with Gasteiger partial charge in [-0.25, -0.2) is 0 Å². The Balaban J connectivity index is 2.97. The third-order valence-electron chi connectivity index (χ3n) is 1.59. The first kappa shape index (κ1) is 9.74. The van der Waals surface area contributed by atoms with Gasteiger partial charge in [-0.1, -0.05) is 46.6 Å². The van der Waals surface area contributed by atoms with Gasteiger partial charge in [-0.3, -0.25) is 4.79 Å². The SMILES string of the molecule is Cc1ccc(C(=O)C(Cl)=NO)cc1. The van der Waals surface area contributed by atoms with Crippen LogP contribution in [0.4, 0.5) is 0 Å². The molecular formula is C9H8ClNO2. The van der Waals surface area contributed by atoms with E-state index in [0.717, 1.165) is 5.56 Å². The van der Waals surface area contributed by atoms with E-state index >= 15 is 0 Å². The summed E-state index contributed by atoms with van der Waals surface area (Å²) in [5, 5.41) is 10.4. The van der Waals surface area contributed by atoms with Crippen LogP contribution < -0.4 is 0 Å². The van der Waals surface area contributed by atoms with Crippen LogP contribution in [-0.2, 0) is 0 Å². The normalized spacial score (nSPS) is 11.4. The number of hydrogen-bond acceptors (Lipinski definition) is 3. The third kappa shape index (κ3) is 2.29. The molecule has 1 aromatic rings. The fourth-order valence-electron chi connectivity index (χ4n) is 0.869. The van der Waals surface area contributed by atoms with E-state index in [1.54, 1.807) is 24.3 Å². The molecule has 0 radical (unpaired) electrons. The van der Waals surface area contributed by atoms with Crippen molar-refractivity contribution < 1.29 is 10.0 Å². The monoisotopic (exact) mass is 197 g/mol. The lowest BCUT2D eigenvalue weighted by Crippen LogP contribution is -2.07. The van der Waals surface area contributed by atoms with Crippen LogP contribution in [-0.4, -0.2) is 16.2 Å². The molecule has 0 aromatic heterocycles. The molecule has 1 N–H and O–H groups in total. The van der Waals surface area contributed by atoms with Gasteiger partial charge in [0.2, 0.25) is 11.0 Å². The summed E-state index contributed by atoms with van der Waals surface area (Å²) in [6.45, 7) is 1.91. The van der Waals surface area contributed by atoms with Crippen molar-refractivity contribution >= 4 is 22.6 Å². The Morgan fingerprint density at radius 1 is 1.38 bits per heavy atom. The van der Waals surface area contributed by atoms with Gasteiger partial charge in [-0.05, 0) is 6.92 Å². The van der Waals surface area contributed by atoms with E-state index in [2.05, 4.69) is 5.16 Å². The van der Waals surface area contributed by atoms with Gasteiger partial charge < -0.3 is 5.21 Å². The zero-order chi connectivity index (χ0) is 9.84. The summed E-state index contributed by atoms with van der Waals surface area (Å²) in [5.74, 6) is -0.482. The predicted molar refractivity (Wildman–Crippen MR) is 50.6 cm³/mol. The number of Topliss-reactive ketones (excluding diaryl/α,β-unsaturated/α-hetero) is 1. The maximum absolute atomic E-state index is 11.3. The molecule has 1 rings (SSSR count). The van der Waals surface area contributed by atoms with Crippen LogP contribution in [0.2, 0.25) is 0 Å². The summed E-state index contributed by atoms with van der Waals surface area (Å²) in [7, 11) is 0. The van der Waals surface area contributed by atoms with E-state index in [4.69, 9.17) is 16.8 Å². The largest absolute Gasteiger partial charge is 0.410 e. The van der Waals surface area contributed by atoms with Gasteiger partial charge in [0.1, 0.15) is 0 Å². The van der Waals surface area contributed by atoms with Gasteiger partial charge in [-0.2, -0.15) is 0 Å². The predicted octanol–water partition coefficient (Wildman–Crippen LogP) is 2.20. The topological polar surface area (TPSA) is 49.7 Å². The number of aryl methyl sites for hydroxylation is 1. The molecule has 0 saturated carbocycles. The Morgan fingerprint density at radius 3 is 2.38 bits per heavy atom. The van der Waals surface area contributed by atoms with Crippen molar-refractivity contribution in [2.24, 2.45) is 5.16 Å². The lowest BCUT2D eigenvalue weighted by molar-refractivity contribution is 0.106. The first-order chi connectivity index (χ1) is 6.15. The van der Waals surface area contributed by atoms with E-state index in [1.165, 1.54) is 0 Å². The quantitative estimate of drug-likeness (QED) is 0.342. The van der Waals surface area contributed by atoms with Crippen molar-refractivity contribution in [3.8, 4) is 0 Å². The molecule has 0 aliphatic heterocycles. The molecule has 4 heteroatoms. The second-order valence-electron chi connectivity index (χ2n) is 2.59. The first-order valence-electron chi connectivity index (χ1n) is 3.64.